The number of benzene rings is 9. The summed E-state index contributed by atoms with van der Waals surface area (Å²) in [5.74, 6) is 0.0999. The summed E-state index contributed by atoms with van der Waals surface area (Å²) in [5.41, 5.74) is 6.88. The van der Waals surface area contributed by atoms with Crippen LogP contribution in [-0.4, -0.2) is 9.55 Å². The summed E-state index contributed by atoms with van der Waals surface area (Å²) < 4.78 is 118. The van der Waals surface area contributed by atoms with Gasteiger partial charge < -0.3 is 0 Å². The van der Waals surface area contributed by atoms with E-state index >= 15 is 0 Å². The van der Waals surface area contributed by atoms with Gasteiger partial charge in [0.1, 0.15) is 5.82 Å². The largest absolute Gasteiger partial charge is 0.292 e. The van der Waals surface area contributed by atoms with Crippen molar-refractivity contribution in [2.75, 3.05) is 0 Å². The molecule has 0 radical (unpaired) electrons. The van der Waals surface area contributed by atoms with E-state index in [4.69, 9.17) is 17.3 Å². The SMILES string of the molecule is [2H]c1c([2H])c([2H])c(-c2nc3ccccc3n2-c2ccc(-c3c4c([2H])c([2H])c([2H])c([2H])c4c(-c4ccc5c6c(cccc46)-c4ccccc4-5)c4c([2H])c([2H])c([2H])c([2H])c34)cc2)c([2H])c1[2H]. The zero-order valence-electron chi connectivity index (χ0n) is 39.7. The predicted octanol–water partition coefficient (Wildman–Crippen LogP) is 13.1. The van der Waals surface area contributed by atoms with Crippen LogP contribution in [-0.2, 0) is 0 Å². The average molecular weight is 660 g/mol. The highest BCUT2D eigenvalue weighted by molar-refractivity contribution is 6.26. The molecule has 1 heterocycles. The maximum absolute atomic E-state index is 9.51. The Hall–Kier alpha value is -6.77. The maximum Gasteiger partial charge on any atom is 0.145 e. The number of nitrogens with zero attached hydrogens (tertiary/aromatic N) is 2. The lowest BCUT2D eigenvalue weighted by molar-refractivity contribution is 1.10. The highest BCUT2D eigenvalue weighted by Crippen LogP contribution is 2.51. The van der Waals surface area contributed by atoms with Crippen LogP contribution in [0.4, 0.5) is 0 Å². The predicted molar refractivity (Wildman–Crippen MR) is 214 cm³/mol. The van der Waals surface area contributed by atoms with Crippen molar-refractivity contribution in [1.29, 1.82) is 0 Å². The van der Waals surface area contributed by atoms with Gasteiger partial charge in [-0.1, -0.05) is 157 Å². The minimum atomic E-state index is -0.536. The molecule has 236 valence electrons. The first kappa shape index (κ1) is 18.3. The van der Waals surface area contributed by atoms with Crippen molar-refractivity contribution in [3.63, 3.8) is 0 Å². The topological polar surface area (TPSA) is 17.8 Å². The molecule has 0 saturated heterocycles. The summed E-state index contributed by atoms with van der Waals surface area (Å²) >= 11 is 0. The molecule has 2 nitrogen and oxygen atoms in total. The Bertz CT molecular complexity index is 3630. The van der Waals surface area contributed by atoms with Crippen molar-refractivity contribution in [3.05, 3.63) is 182 Å². The Kier molecular flexibility index (Phi) is 3.90. The van der Waals surface area contributed by atoms with Crippen molar-refractivity contribution in [2.45, 2.75) is 0 Å². The van der Waals surface area contributed by atoms with E-state index in [0.29, 0.717) is 27.8 Å². The molecule has 1 aliphatic rings. The van der Waals surface area contributed by atoms with Crippen molar-refractivity contribution in [3.8, 4) is 61.6 Å². The first-order valence-electron chi connectivity index (χ1n) is 23.0. The van der Waals surface area contributed by atoms with E-state index in [2.05, 4.69) is 0 Å². The minimum absolute atomic E-state index is 0.0747. The molecule has 9 aromatic carbocycles. The van der Waals surface area contributed by atoms with Gasteiger partial charge in [0.2, 0.25) is 0 Å². The van der Waals surface area contributed by atoms with Crippen LogP contribution in [0.15, 0.2) is 182 Å². The molecule has 2 heteroatoms. The van der Waals surface area contributed by atoms with Gasteiger partial charge in [-0.2, -0.15) is 0 Å². The van der Waals surface area contributed by atoms with Crippen LogP contribution in [0.1, 0.15) is 17.8 Å². The van der Waals surface area contributed by atoms with Crippen molar-refractivity contribution < 1.29 is 17.8 Å². The molecule has 0 aliphatic heterocycles. The second-order valence-corrected chi connectivity index (χ2v) is 12.5. The molecule has 1 aromatic heterocycles. The zero-order chi connectivity index (χ0) is 44.8. The average Bonchev–Trinajstić information content (AvgIpc) is 3.86. The van der Waals surface area contributed by atoms with Crippen molar-refractivity contribution in [2.24, 2.45) is 0 Å². The summed E-state index contributed by atoms with van der Waals surface area (Å²) in [6.07, 6.45) is 0. The third-order valence-electron chi connectivity index (χ3n) is 9.89. The van der Waals surface area contributed by atoms with Gasteiger partial charge in [-0.15, -0.1) is 0 Å². The van der Waals surface area contributed by atoms with Crippen molar-refractivity contribution >= 4 is 43.4 Å². The molecule has 11 rings (SSSR count). The number of aromatic nitrogens is 2. The summed E-state index contributed by atoms with van der Waals surface area (Å²) in [5, 5.41) is 2.04. The van der Waals surface area contributed by atoms with E-state index in [1.165, 1.54) is 0 Å². The number of fused-ring (bicyclic) bond motifs is 6. The molecular weight excluding hydrogens is 617 g/mol. The van der Waals surface area contributed by atoms with Crippen LogP contribution in [0, 0.1) is 0 Å². The van der Waals surface area contributed by atoms with Gasteiger partial charge in [-0.05, 0) is 101 Å². The minimum Gasteiger partial charge on any atom is -0.292 e. The Morgan fingerprint density at radius 2 is 0.980 bits per heavy atom. The lowest BCUT2D eigenvalue weighted by Gasteiger charge is -2.19. The molecule has 0 saturated carbocycles. The van der Waals surface area contributed by atoms with E-state index in [-0.39, 0.29) is 68.2 Å². The van der Waals surface area contributed by atoms with Crippen molar-refractivity contribution in [1.82, 2.24) is 9.55 Å². The summed E-state index contributed by atoms with van der Waals surface area (Å²) in [4.78, 5) is 4.75. The Balaban J connectivity index is 1.24. The second kappa shape index (κ2) is 10.9. The molecule has 51 heavy (non-hydrogen) atoms. The zero-order valence-corrected chi connectivity index (χ0v) is 26.7. The van der Waals surface area contributed by atoms with Gasteiger partial charge in [0.15, 0.2) is 0 Å². The summed E-state index contributed by atoms with van der Waals surface area (Å²) in [6, 6.07) is 25.7. The molecule has 0 amide bonds. The maximum atomic E-state index is 9.51. The Labute approximate surface area is 313 Å². The fourth-order valence-electron chi connectivity index (χ4n) is 7.80. The van der Waals surface area contributed by atoms with Crippen LogP contribution in [0.25, 0.3) is 105 Å². The van der Waals surface area contributed by atoms with Gasteiger partial charge >= 0.3 is 0 Å². The second-order valence-electron chi connectivity index (χ2n) is 12.5. The third-order valence-corrected chi connectivity index (χ3v) is 9.89. The molecule has 1 aliphatic carbocycles. The summed E-state index contributed by atoms with van der Waals surface area (Å²) in [6.45, 7) is 0. The highest BCUT2D eigenvalue weighted by atomic mass is 15.1. The monoisotopic (exact) mass is 659 g/mol. The molecule has 0 bridgehead atoms. The van der Waals surface area contributed by atoms with Gasteiger partial charge in [0.25, 0.3) is 0 Å². The van der Waals surface area contributed by atoms with Crippen LogP contribution < -0.4 is 0 Å². The molecule has 0 fully saturated rings. The van der Waals surface area contributed by atoms with Crippen LogP contribution >= 0.6 is 0 Å². The molecular formula is C49H30N2. The van der Waals surface area contributed by atoms with E-state index in [9.17, 15) is 5.48 Å². The third kappa shape index (κ3) is 4.08. The Morgan fingerprint density at radius 1 is 0.412 bits per heavy atom. The lowest BCUT2D eigenvalue weighted by Crippen LogP contribution is -1.98. The smallest absolute Gasteiger partial charge is 0.145 e. The fourth-order valence-corrected chi connectivity index (χ4v) is 7.80. The van der Waals surface area contributed by atoms with E-state index in [1.54, 1.807) is 53.1 Å². The fraction of sp³-hybridized carbons (Fsp3) is 0. The first-order valence-corrected chi connectivity index (χ1v) is 16.5. The highest BCUT2D eigenvalue weighted by Gasteiger charge is 2.24. The van der Waals surface area contributed by atoms with Gasteiger partial charge in [0, 0.05) is 11.3 Å². The van der Waals surface area contributed by atoms with Gasteiger partial charge in [-0.25, -0.2) is 4.98 Å². The quantitative estimate of drug-likeness (QED) is 0.172. The standard InChI is InChI=1S/C49H30N2/c1-2-13-32(14-3-1)49-50-44-23-10-11-24-45(44)51(49)33-27-25-31(26-28-33)46-37-17-6-8-19-39(37)48(40-20-9-7-18-38(40)46)43-30-29-42-35-16-5-4-15-34(35)36-21-12-22-41(43)47(36)42/h1-30H/i1D,2D,3D,6D,7D,8D,9D,13D,14D,17D,18D,19D,20D. The molecule has 0 spiro atoms. The normalized spacial score (nSPS) is 15.5. The van der Waals surface area contributed by atoms with Gasteiger partial charge in [-0.3, -0.25) is 4.57 Å². The van der Waals surface area contributed by atoms with Crippen LogP contribution in [0.3, 0.4) is 0 Å². The number of para-hydroxylation sites is 2. The number of rotatable bonds is 4. The van der Waals surface area contributed by atoms with E-state index < -0.39 is 54.4 Å². The van der Waals surface area contributed by atoms with Gasteiger partial charge in [0.05, 0.1) is 28.9 Å². The first-order chi connectivity index (χ1) is 30.7. The van der Waals surface area contributed by atoms with Crippen LogP contribution in [0.5, 0.6) is 0 Å². The molecule has 0 unspecified atom stereocenters. The molecule has 0 N–H and O–H groups in total. The Morgan fingerprint density at radius 3 is 1.69 bits per heavy atom. The number of imidazole rings is 1. The number of hydrogen-bond donors (Lipinski definition) is 0. The summed E-state index contributed by atoms with van der Waals surface area (Å²) in [7, 11) is 0. The van der Waals surface area contributed by atoms with Crippen LogP contribution in [0.2, 0.25) is 0 Å². The number of hydrogen-bond acceptors (Lipinski definition) is 1. The molecule has 10 aromatic rings. The lowest BCUT2D eigenvalue weighted by atomic mass is 9.84. The van der Waals surface area contributed by atoms with E-state index in [0.717, 1.165) is 33.0 Å². The molecule has 0 atom stereocenters. The van der Waals surface area contributed by atoms with E-state index in [1.807, 2.05) is 54.6 Å².